The summed E-state index contributed by atoms with van der Waals surface area (Å²) in [7, 11) is -6.95. The van der Waals surface area contributed by atoms with E-state index in [-0.39, 0.29) is 28.7 Å². The molecule has 10 heteroatoms. The predicted molar refractivity (Wildman–Crippen MR) is 84.0 cm³/mol. The zero-order chi connectivity index (χ0) is 16.4. The fraction of sp³-hybridized carbons (Fsp3) is 0.417. The van der Waals surface area contributed by atoms with E-state index >= 15 is 0 Å². The number of hydrazine groups is 1. The molecule has 0 saturated carbocycles. The summed E-state index contributed by atoms with van der Waals surface area (Å²) in [5.74, 6) is -0.777. The van der Waals surface area contributed by atoms with E-state index < -0.39 is 25.8 Å². The maximum Gasteiger partial charge on any atom is 0.258 e. The Balaban J connectivity index is 1.92. The molecule has 1 aliphatic heterocycles. The molecule has 0 spiro atoms. The van der Waals surface area contributed by atoms with Crippen LogP contribution in [0.1, 0.15) is 12.8 Å². The Morgan fingerprint density at radius 3 is 2.59 bits per heavy atom. The minimum absolute atomic E-state index is 0.00116. The van der Waals surface area contributed by atoms with Gasteiger partial charge in [0.2, 0.25) is 5.91 Å². The van der Waals surface area contributed by atoms with Gasteiger partial charge in [0.1, 0.15) is 0 Å². The Bertz CT molecular complexity index is 776. The van der Waals surface area contributed by atoms with Crippen molar-refractivity contribution in [2.45, 2.75) is 17.7 Å². The van der Waals surface area contributed by atoms with Crippen LogP contribution >= 0.6 is 15.9 Å². The van der Waals surface area contributed by atoms with Crippen LogP contribution in [0.25, 0.3) is 0 Å². The van der Waals surface area contributed by atoms with Crippen LogP contribution in [0.4, 0.5) is 0 Å². The Morgan fingerprint density at radius 1 is 1.32 bits per heavy atom. The molecule has 1 aliphatic rings. The summed E-state index contributed by atoms with van der Waals surface area (Å²) >= 11 is 3.12. The van der Waals surface area contributed by atoms with Gasteiger partial charge >= 0.3 is 0 Å². The van der Waals surface area contributed by atoms with Gasteiger partial charge in [0.05, 0.1) is 16.4 Å². The van der Waals surface area contributed by atoms with Gasteiger partial charge in [-0.2, -0.15) is 0 Å². The van der Waals surface area contributed by atoms with Crippen LogP contribution in [0, 0.1) is 5.92 Å². The van der Waals surface area contributed by atoms with Crippen molar-refractivity contribution >= 4 is 41.7 Å². The molecule has 1 fully saturated rings. The van der Waals surface area contributed by atoms with Crippen molar-refractivity contribution in [2.24, 2.45) is 5.92 Å². The third-order valence-electron chi connectivity index (χ3n) is 3.25. The van der Waals surface area contributed by atoms with Gasteiger partial charge < -0.3 is 0 Å². The van der Waals surface area contributed by atoms with Crippen LogP contribution in [-0.4, -0.2) is 34.2 Å². The molecule has 1 saturated heterocycles. The maximum atomic E-state index is 12.0. The number of benzene rings is 1. The van der Waals surface area contributed by atoms with Crippen LogP contribution in [-0.2, 0) is 24.7 Å². The highest BCUT2D eigenvalue weighted by atomic mass is 79.9. The minimum atomic E-state index is -3.89. The number of rotatable bonds is 5. The number of hydrogen-bond donors (Lipinski definition) is 2. The normalized spacial score (nSPS) is 20.7. The Kier molecular flexibility index (Phi) is 5.25. The van der Waals surface area contributed by atoms with E-state index in [0.29, 0.717) is 10.9 Å². The molecule has 0 aromatic heterocycles. The van der Waals surface area contributed by atoms with E-state index in [9.17, 15) is 21.6 Å². The van der Waals surface area contributed by atoms with Crippen LogP contribution in [0.15, 0.2) is 33.6 Å². The molecule has 0 bridgehead atoms. The number of hydrogen-bond acceptors (Lipinski definition) is 5. The average Bonchev–Trinajstić information content (AvgIpc) is 2.76. The molecule has 22 heavy (non-hydrogen) atoms. The summed E-state index contributed by atoms with van der Waals surface area (Å²) in [5, 5.41) is 0. The van der Waals surface area contributed by atoms with Crippen LogP contribution in [0.2, 0.25) is 0 Å². The SMILES string of the molecule is O=C(C[C@H]1CCS(=O)(=O)C1)NNS(=O)(=O)c1ccccc1Br. The lowest BCUT2D eigenvalue weighted by Gasteiger charge is -2.11. The standard InChI is InChI=1S/C12H15BrN2O5S2/c13-10-3-1-2-4-11(10)22(19,20)15-14-12(16)7-9-5-6-21(17,18)8-9/h1-4,9,15H,5-8H2,(H,14,16)/t9-/m1/s1. The van der Waals surface area contributed by atoms with Crippen molar-refractivity contribution in [2.75, 3.05) is 11.5 Å². The Hall–Kier alpha value is -0.970. The second-order valence-electron chi connectivity index (χ2n) is 5.06. The first-order valence-corrected chi connectivity index (χ1v) is 10.5. The summed E-state index contributed by atoms with van der Waals surface area (Å²) in [4.78, 5) is 13.7. The quantitative estimate of drug-likeness (QED) is 0.690. The molecular formula is C12H15BrN2O5S2. The zero-order valence-corrected chi connectivity index (χ0v) is 14.7. The number of carbonyl (C=O) groups excluding carboxylic acids is 1. The lowest BCUT2D eigenvalue weighted by molar-refractivity contribution is -0.122. The van der Waals surface area contributed by atoms with Crippen LogP contribution in [0.3, 0.4) is 0 Å². The number of amides is 1. The van der Waals surface area contributed by atoms with Crippen molar-refractivity contribution < 1.29 is 21.6 Å². The smallest absolute Gasteiger partial charge is 0.258 e. The second-order valence-corrected chi connectivity index (χ2v) is 9.79. The fourth-order valence-corrected chi connectivity index (χ4v) is 5.91. The van der Waals surface area contributed by atoms with E-state index in [4.69, 9.17) is 0 Å². The van der Waals surface area contributed by atoms with Gasteiger partial charge in [-0.05, 0) is 40.4 Å². The molecule has 0 radical (unpaired) electrons. The van der Waals surface area contributed by atoms with Crippen molar-refractivity contribution in [3.05, 3.63) is 28.7 Å². The van der Waals surface area contributed by atoms with Crippen molar-refractivity contribution in [1.82, 2.24) is 10.3 Å². The molecule has 7 nitrogen and oxygen atoms in total. The van der Waals surface area contributed by atoms with E-state index in [0.717, 1.165) is 0 Å². The summed E-state index contributed by atoms with van der Waals surface area (Å²) < 4.78 is 47.1. The molecule has 0 aliphatic carbocycles. The predicted octanol–water partition coefficient (Wildman–Crippen LogP) is 0.583. The van der Waals surface area contributed by atoms with E-state index in [1.54, 1.807) is 18.2 Å². The highest BCUT2D eigenvalue weighted by molar-refractivity contribution is 9.10. The largest absolute Gasteiger partial charge is 0.278 e. The first kappa shape index (κ1) is 17.4. The fourth-order valence-electron chi connectivity index (χ4n) is 2.19. The molecule has 0 unspecified atom stereocenters. The van der Waals surface area contributed by atoms with E-state index in [1.165, 1.54) is 6.07 Å². The molecule has 122 valence electrons. The lowest BCUT2D eigenvalue weighted by atomic mass is 10.1. The van der Waals surface area contributed by atoms with Crippen molar-refractivity contribution in [1.29, 1.82) is 0 Å². The highest BCUT2D eigenvalue weighted by Gasteiger charge is 2.29. The molecule has 1 atom stereocenters. The van der Waals surface area contributed by atoms with Gasteiger partial charge in [-0.1, -0.05) is 12.1 Å². The third kappa shape index (κ3) is 4.51. The molecule has 1 amide bonds. The lowest BCUT2D eigenvalue weighted by Crippen LogP contribution is -2.42. The van der Waals surface area contributed by atoms with Gasteiger partial charge in [-0.25, -0.2) is 16.8 Å². The first-order valence-electron chi connectivity index (χ1n) is 6.45. The summed E-state index contributed by atoms with van der Waals surface area (Å²) in [6.45, 7) is 0. The average molecular weight is 411 g/mol. The molecule has 2 rings (SSSR count). The zero-order valence-electron chi connectivity index (χ0n) is 11.5. The molecular weight excluding hydrogens is 396 g/mol. The van der Waals surface area contributed by atoms with Gasteiger partial charge in [-0.3, -0.25) is 10.2 Å². The monoisotopic (exact) mass is 410 g/mol. The number of nitrogens with one attached hydrogen (secondary N) is 2. The number of sulfonamides is 1. The van der Waals surface area contributed by atoms with Gasteiger partial charge in [0.15, 0.2) is 9.84 Å². The maximum absolute atomic E-state index is 12.0. The van der Waals surface area contributed by atoms with Crippen molar-refractivity contribution in [3.63, 3.8) is 0 Å². The van der Waals surface area contributed by atoms with E-state index in [2.05, 4.69) is 21.4 Å². The molecule has 1 aromatic carbocycles. The summed E-state index contributed by atoms with van der Waals surface area (Å²) in [5.41, 5.74) is 2.11. The number of carbonyl (C=O) groups is 1. The highest BCUT2D eigenvalue weighted by Crippen LogP contribution is 2.22. The minimum Gasteiger partial charge on any atom is -0.278 e. The number of sulfone groups is 1. The second kappa shape index (κ2) is 6.65. The third-order valence-corrected chi connectivity index (χ3v) is 7.35. The molecule has 1 heterocycles. The van der Waals surface area contributed by atoms with Gasteiger partial charge in [-0.15, -0.1) is 4.83 Å². The van der Waals surface area contributed by atoms with Crippen molar-refractivity contribution in [3.8, 4) is 0 Å². The summed E-state index contributed by atoms with van der Waals surface area (Å²) in [6, 6.07) is 6.19. The Morgan fingerprint density at radius 2 is 2.00 bits per heavy atom. The molecule has 1 aromatic rings. The first-order chi connectivity index (χ1) is 10.2. The van der Waals surface area contributed by atoms with Gasteiger partial charge in [0, 0.05) is 10.9 Å². The van der Waals surface area contributed by atoms with E-state index in [1.807, 2.05) is 4.83 Å². The van der Waals surface area contributed by atoms with Crippen LogP contribution < -0.4 is 10.3 Å². The summed E-state index contributed by atoms with van der Waals surface area (Å²) in [6.07, 6.45) is 0.393. The van der Waals surface area contributed by atoms with Gasteiger partial charge in [0.25, 0.3) is 10.0 Å². The molecule has 2 N–H and O–H groups in total. The number of halogens is 1. The topological polar surface area (TPSA) is 109 Å². The Labute approximate surface area is 137 Å². The van der Waals surface area contributed by atoms with Crippen LogP contribution in [0.5, 0.6) is 0 Å².